The summed E-state index contributed by atoms with van der Waals surface area (Å²) < 4.78 is 0. The Morgan fingerprint density at radius 3 is 2.65 bits per heavy atom. The van der Waals surface area contributed by atoms with E-state index in [9.17, 15) is 4.79 Å². The van der Waals surface area contributed by atoms with Crippen LogP contribution in [0, 0.1) is 13.8 Å². The number of aryl methyl sites for hydroxylation is 1. The predicted octanol–water partition coefficient (Wildman–Crippen LogP) is 3.99. The minimum Gasteiger partial charge on any atom is -0.305 e. The van der Waals surface area contributed by atoms with Crippen LogP contribution >= 0.6 is 23.2 Å². The highest BCUT2D eigenvalue weighted by molar-refractivity contribution is 6.42. The van der Waals surface area contributed by atoms with Crippen LogP contribution in [0.5, 0.6) is 0 Å². The van der Waals surface area contributed by atoms with Crippen LogP contribution in [-0.4, -0.2) is 16.1 Å². The van der Waals surface area contributed by atoms with Crippen molar-refractivity contribution in [3.8, 4) is 0 Å². The van der Waals surface area contributed by atoms with Gasteiger partial charge in [-0.15, -0.1) is 0 Å². The molecule has 1 heterocycles. The number of carbonyl (C=O) groups excluding carboxylic acids is 1. The van der Waals surface area contributed by atoms with Crippen molar-refractivity contribution in [1.82, 2.24) is 10.2 Å². The SMILES string of the molecule is Cc1[nH]nc(NC(=O)/C=C/c2ccc(Cl)c(Cl)c2)c1C. The number of nitrogens with one attached hydrogen (secondary N) is 2. The van der Waals surface area contributed by atoms with Gasteiger partial charge < -0.3 is 5.32 Å². The molecule has 0 bridgehead atoms. The van der Waals surface area contributed by atoms with Crippen LogP contribution < -0.4 is 5.32 Å². The van der Waals surface area contributed by atoms with E-state index in [0.29, 0.717) is 15.9 Å². The van der Waals surface area contributed by atoms with Crippen molar-refractivity contribution in [2.24, 2.45) is 0 Å². The molecular weight excluding hydrogens is 297 g/mol. The average Bonchev–Trinajstić information content (AvgIpc) is 2.72. The number of benzene rings is 1. The molecule has 0 fully saturated rings. The maximum atomic E-state index is 11.8. The van der Waals surface area contributed by atoms with Crippen molar-refractivity contribution >= 4 is 41.0 Å². The van der Waals surface area contributed by atoms with Gasteiger partial charge in [-0.25, -0.2) is 0 Å². The average molecular weight is 310 g/mol. The van der Waals surface area contributed by atoms with Gasteiger partial charge in [0.1, 0.15) is 0 Å². The molecule has 2 N–H and O–H groups in total. The number of hydrogen-bond donors (Lipinski definition) is 2. The molecule has 1 aromatic carbocycles. The van der Waals surface area contributed by atoms with E-state index in [2.05, 4.69) is 15.5 Å². The van der Waals surface area contributed by atoms with Gasteiger partial charge in [-0.3, -0.25) is 9.89 Å². The van der Waals surface area contributed by atoms with Crippen LogP contribution in [0.15, 0.2) is 24.3 Å². The summed E-state index contributed by atoms with van der Waals surface area (Å²) in [6.07, 6.45) is 3.08. The van der Waals surface area contributed by atoms with E-state index in [1.165, 1.54) is 6.08 Å². The van der Waals surface area contributed by atoms with Crippen molar-refractivity contribution in [1.29, 1.82) is 0 Å². The molecule has 20 heavy (non-hydrogen) atoms. The normalized spacial score (nSPS) is 11.0. The van der Waals surface area contributed by atoms with Gasteiger partial charge in [-0.2, -0.15) is 5.10 Å². The summed E-state index contributed by atoms with van der Waals surface area (Å²) >= 11 is 11.7. The number of aromatic nitrogens is 2. The summed E-state index contributed by atoms with van der Waals surface area (Å²) in [6, 6.07) is 5.15. The van der Waals surface area contributed by atoms with Crippen molar-refractivity contribution in [2.75, 3.05) is 5.32 Å². The second-order valence-electron chi connectivity index (χ2n) is 4.32. The Labute approximate surface area is 126 Å². The van der Waals surface area contributed by atoms with E-state index < -0.39 is 0 Å². The topological polar surface area (TPSA) is 57.8 Å². The smallest absolute Gasteiger partial charge is 0.249 e. The summed E-state index contributed by atoms with van der Waals surface area (Å²) in [7, 11) is 0. The summed E-state index contributed by atoms with van der Waals surface area (Å²) in [5, 5.41) is 10.4. The lowest BCUT2D eigenvalue weighted by Crippen LogP contribution is -2.09. The molecule has 1 amide bonds. The molecule has 2 rings (SSSR count). The van der Waals surface area contributed by atoms with Crippen molar-refractivity contribution in [3.05, 3.63) is 51.1 Å². The van der Waals surface area contributed by atoms with Crippen LogP contribution in [0.25, 0.3) is 6.08 Å². The van der Waals surface area contributed by atoms with Gasteiger partial charge in [0.25, 0.3) is 0 Å². The fraction of sp³-hybridized carbons (Fsp3) is 0.143. The minimum atomic E-state index is -0.259. The van der Waals surface area contributed by atoms with E-state index in [1.807, 2.05) is 13.8 Å². The summed E-state index contributed by atoms with van der Waals surface area (Å²) in [4.78, 5) is 11.8. The zero-order chi connectivity index (χ0) is 14.7. The molecule has 0 radical (unpaired) electrons. The first kappa shape index (κ1) is 14.6. The van der Waals surface area contributed by atoms with E-state index in [-0.39, 0.29) is 5.91 Å². The highest BCUT2D eigenvalue weighted by Gasteiger charge is 2.07. The van der Waals surface area contributed by atoms with E-state index >= 15 is 0 Å². The van der Waals surface area contributed by atoms with Crippen LogP contribution in [0.4, 0.5) is 5.82 Å². The number of amides is 1. The Morgan fingerprint density at radius 1 is 1.30 bits per heavy atom. The lowest BCUT2D eigenvalue weighted by Gasteiger charge is -2.00. The quantitative estimate of drug-likeness (QED) is 0.842. The third-order valence-corrected chi connectivity index (χ3v) is 3.60. The van der Waals surface area contributed by atoms with Crippen LogP contribution in [0.2, 0.25) is 10.0 Å². The number of carbonyl (C=O) groups is 1. The fourth-order valence-electron chi connectivity index (χ4n) is 1.55. The summed E-state index contributed by atoms with van der Waals surface area (Å²) in [5.41, 5.74) is 2.64. The fourth-order valence-corrected chi connectivity index (χ4v) is 1.86. The maximum absolute atomic E-state index is 11.8. The monoisotopic (exact) mass is 309 g/mol. The van der Waals surface area contributed by atoms with Gasteiger partial charge in [0.15, 0.2) is 5.82 Å². The second kappa shape index (κ2) is 6.11. The minimum absolute atomic E-state index is 0.259. The van der Waals surface area contributed by atoms with E-state index in [4.69, 9.17) is 23.2 Å². The molecule has 104 valence electrons. The lowest BCUT2D eigenvalue weighted by molar-refractivity contribution is -0.111. The van der Waals surface area contributed by atoms with Crippen molar-refractivity contribution in [3.63, 3.8) is 0 Å². The third kappa shape index (κ3) is 3.40. The molecule has 1 aromatic heterocycles. The number of anilines is 1. The van der Waals surface area contributed by atoms with Crippen LogP contribution in [0.3, 0.4) is 0 Å². The Bertz CT molecular complexity index is 677. The molecule has 0 aliphatic rings. The second-order valence-corrected chi connectivity index (χ2v) is 5.13. The zero-order valence-electron chi connectivity index (χ0n) is 11.0. The number of aromatic amines is 1. The molecule has 0 saturated carbocycles. The molecule has 0 aliphatic heterocycles. The van der Waals surface area contributed by atoms with Crippen LogP contribution in [-0.2, 0) is 4.79 Å². The zero-order valence-corrected chi connectivity index (χ0v) is 12.5. The molecule has 0 aliphatic carbocycles. The predicted molar refractivity (Wildman–Crippen MR) is 82.2 cm³/mol. The Kier molecular flexibility index (Phi) is 4.47. The van der Waals surface area contributed by atoms with Crippen molar-refractivity contribution < 1.29 is 4.79 Å². The maximum Gasteiger partial charge on any atom is 0.249 e. The standard InChI is InChI=1S/C14H13Cl2N3O/c1-8-9(2)18-19-14(8)17-13(20)6-4-10-3-5-11(15)12(16)7-10/h3-7H,1-2H3,(H2,17,18,19,20)/b6-4+. The number of nitrogens with zero attached hydrogens (tertiary/aromatic N) is 1. The summed E-state index contributed by atoms with van der Waals surface area (Å²) in [5.74, 6) is 0.275. The highest BCUT2D eigenvalue weighted by Crippen LogP contribution is 2.23. The molecular formula is C14H13Cl2N3O. The Morgan fingerprint density at radius 2 is 2.05 bits per heavy atom. The first-order valence-corrected chi connectivity index (χ1v) is 6.68. The Hall–Kier alpha value is -1.78. The molecule has 0 atom stereocenters. The van der Waals surface area contributed by atoms with Gasteiger partial charge >= 0.3 is 0 Å². The van der Waals surface area contributed by atoms with Gasteiger partial charge in [0.2, 0.25) is 5.91 Å². The van der Waals surface area contributed by atoms with Gasteiger partial charge in [-0.05, 0) is 37.6 Å². The molecule has 0 saturated heterocycles. The number of halogens is 2. The highest BCUT2D eigenvalue weighted by atomic mass is 35.5. The molecule has 4 nitrogen and oxygen atoms in total. The first-order chi connectivity index (χ1) is 9.47. The van der Waals surface area contributed by atoms with Gasteiger partial charge in [0, 0.05) is 17.3 Å². The van der Waals surface area contributed by atoms with Crippen molar-refractivity contribution in [2.45, 2.75) is 13.8 Å². The third-order valence-electron chi connectivity index (χ3n) is 2.87. The number of H-pyrrole nitrogens is 1. The molecule has 0 spiro atoms. The molecule has 6 heteroatoms. The number of rotatable bonds is 3. The Balaban J connectivity index is 2.05. The lowest BCUT2D eigenvalue weighted by atomic mass is 10.2. The van der Waals surface area contributed by atoms with E-state index in [0.717, 1.165) is 16.8 Å². The van der Waals surface area contributed by atoms with Gasteiger partial charge in [0.05, 0.1) is 10.0 Å². The first-order valence-electron chi connectivity index (χ1n) is 5.93. The van der Waals surface area contributed by atoms with E-state index in [1.54, 1.807) is 24.3 Å². The van der Waals surface area contributed by atoms with Crippen LogP contribution in [0.1, 0.15) is 16.8 Å². The molecule has 2 aromatic rings. The summed E-state index contributed by atoms with van der Waals surface area (Å²) in [6.45, 7) is 3.78. The molecule has 0 unspecified atom stereocenters. The number of hydrogen-bond acceptors (Lipinski definition) is 2. The van der Waals surface area contributed by atoms with Gasteiger partial charge in [-0.1, -0.05) is 29.3 Å². The largest absolute Gasteiger partial charge is 0.305 e.